The van der Waals surface area contributed by atoms with Crippen LogP contribution >= 0.6 is 11.3 Å². The van der Waals surface area contributed by atoms with Gasteiger partial charge in [-0.15, -0.1) is 11.3 Å². The molecule has 6 heteroatoms. The number of hydrogen-bond donors (Lipinski definition) is 2. The summed E-state index contributed by atoms with van der Waals surface area (Å²) in [6.45, 7) is 2.91. The topological polar surface area (TPSA) is 63.5 Å². The van der Waals surface area contributed by atoms with Crippen LogP contribution in [-0.4, -0.2) is 29.8 Å². The van der Waals surface area contributed by atoms with Gasteiger partial charge in [0.05, 0.1) is 16.8 Å². The van der Waals surface area contributed by atoms with Crippen molar-refractivity contribution in [3.8, 4) is 0 Å². The molecule has 2 heterocycles. The summed E-state index contributed by atoms with van der Waals surface area (Å²) in [4.78, 5) is 30.1. The molecule has 2 atom stereocenters. The number of quaternary nitrogens is 1. The summed E-state index contributed by atoms with van der Waals surface area (Å²) in [6, 6.07) is 15.5. The molecule has 2 aromatic carbocycles. The minimum absolute atomic E-state index is 0.00725. The van der Waals surface area contributed by atoms with Crippen molar-refractivity contribution in [3.63, 3.8) is 0 Å². The van der Waals surface area contributed by atoms with Crippen molar-refractivity contribution < 1.29 is 14.5 Å². The first-order valence-electron chi connectivity index (χ1n) is 9.21. The maximum Gasteiger partial charge on any atom is 0.279 e. The van der Waals surface area contributed by atoms with Gasteiger partial charge in [0.2, 0.25) is 0 Å². The van der Waals surface area contributed by atoms with Crippen LogP contribution < -0.4 is 10.2 Å². The number of rotatable bonds is 5. The van der Waals surface area contributed by atoms with E-state index in [0.717, 1.165) is 29.9 Å². The third-order valence-corrected chi connectivity index (χ3v) is 6.18. The summed E-state index contributed by atoms with van der Waals surface area (Å²) in [6.07, 6.45) is 2.16. The number of nitrogens with one attached hydrogen (secondary N) is 2. The van der Waals surface area contributed by atoms with Gasteiger partial charge in [0.1, 0.15) is 6.04 Å². The number of ketones is 1. The third-order valence-electron chi connectivity index (χ3n) is 5.03. The lowest BCUT2D eigenvalue weighted by Crippen LogP contribution is -3.11. The molecule has 1 aliphatic rings. The molecule has 2 N–H and O–H groups in total. The van der Waals surface area contributed by atoms with Crippen LogP contribution in [0.3, 0.4) is 0 Å². The molecule has 1 unspecified atom stereocenters. The monoisotopic (exact) mass is 380 g/mol. The van der Waals surface area contributed by atoms with Gasteiger partial charge >= 0.3 is 0 Å². The van der Waals surface area contributed by atoms with E-state index in [-0.39, 0.29) is 17.7 Å². The minimum atomic E-state index is -0.0290. The van der Waals surface area contributed by atoms with Crippen LogP contribution in [0.25, 0.3) is 10.2 Å². The van der Waals surface area contributed by atoms with E-state index in [1.165, 1.54) is 16.5 Å². The second-order valence-corrected chi connectivity index (χ2v) is 8.05. The van der Waals surface area contributed by atoms with Gasteiger partial charge < -0.3 is 10.2 Å². The molecule has 3 aromatic rings. The molecule has 0 spiro atoms. The minimum Gasteiger partial charge on any atom is -0.321 e. The number of thiazole rings is 1. The summed E-state index contributed by atoms with van der Waals surface area (Å²) in [5, 5.41) is 4.05. The number of nitrogens with zero attached hydrogens (tertiary/aromatic N) is 1. The van der Waals surface area contributed by atoms with Gasteiger partial charge in [-0.1, -0.05) is 24.3 Å². The van der Waals surface area contributed by atoms with Crippen molar-refractivity contribution in [2.24, 2.45) is 0 Å². The number of fused-ring (bicyclic) bond motifs is 1. The van der Waals surface area contributed by atoms with E-state index < -0.39 is 0 Å². The molecule has 0 aliphatic carbocycles. The highest BCUT2D eigenvalue weighted by atomic mass is 32.1. The standard InChI is InChI=1S/C21H21N3O2S/c1-14(25)15-6-4-7-16(12-15)22-20(26)13-24-11-5-9-18(24)21-23-17-8-2-3-10-19(17)27-21/h2-4,6-8,10,12,18H,5,9,11,13H2,1H3,(H,22,26)/p+1/t18-/m1/s1. The largest absolute Gasteiger partial charge is 0.321 e. The van der Waals surface area contributed by atoms with Crippen LogP contribution in [0.4, 0.5) is 5.69 Å². The highest BCUT2D eigenvalue weighted by molar-refractivity contribution is 7.18. The molecule has 1 saturated heterocycles. The summed E-state index contributed by atoms with van der Waals surface area (Å²) in [7, 11) is 0. The number of carbonyl (C=O) groups excluding carboxylic acids is 2. The number of hydrogen-bond acceptors (Lipinski definition) is 4. The molecule has 5 nitrogen and oxygen atoms in total. The zero-order chi connectivity index (χ0) is 18.8. The van der Waals surface area contributed by atoms with Gasteiger partial charge in [0.25, 0.3) is 5.91 Å². The lowest BCUT2D eigenvalue weighted by atomic mass is 10.1. The predicted molar refractivity (Wildman–Crippen MR) is 107 cm³/mol. The Hall–Kier alpha value is -2.57. The Morgan fingerprint density at radius 2 is 2.07 bits per heavy atom. The molecule has 4 rings (SSSR count). The molecule has 1 fully saturated rings. The average Bonchev–Trinajstić information content (AvgIpc) is 3.27. The molecule has 1 amide bonds. The molecular weight excluding hydrogens is 358 g/mol. The molecule has 27 heavy (non-hydrogen) atoms. The van der Waals surface area contributed by atoms with Crippen molar-refractivity contribution >= 4 is 38.9 Å². The van der Waals surface area contributed by atoms with Gasteiger partial charge in [0.15, 0.2) is 17.3 Å². The number of amides is 1. The number of Topliss-reactive ketones (excluding diaryl/α,β-unsaturated/α-hetero) is 1. The number of para-hydroxylation sites is 1. The van der Waals surface area contributed by atoms with E-state index >= 15 is 0 Å². The van der Waals surface area contributed by atoms with Crippen molar-refractivity contribution in [2.75, 3.05) is 18.4 Å². The normalized spacial score (nSPS) is 19.3. The fraction of sp³-hybridized carbons (Fsp3) is 0.286. The van der Waals surface area contributed by atoms with Crippen LogP contribution in [0.1, 0.15) is 41.2 Å². The second kappa shape index (κ2) is 7.58. The van der Waals surface area contributed by atoms with Gasteiger partial charge in [-0.25, -0.2) is 4.98 Å². The molecule has 0 bridgehead atoms. The first kappa shape index (κ1) is 17.8. The molecule has 0 saturated carbocycles. The first-order valence-corrected chi connectivity index (χ1v) is 10.0. The van der Waals surface area contributed by atoms with Crippen molar-refractivity contribution in [2.45, 2.75) is 25.8 Å². The van der Waals surface area contributed by atoms with Gasteiger partial charge in [-0.3, -0.25) is 9.59 Å². The van der Waals surface area contributed by atoms with E-state index in [1.807, 2.05) is 24.3 Å². The summed E-state index contributed by atoms with van der Waals surface area (Å²) in [5.41, 5.74) is 2.31. The van der Waals surface area contributed by atoms with Crippen LogP contribution in [0.15, 0.2) is 48.5 Å². The Morgan fingerprint density at radius 1 is 1.22 bits per heavy atom. The number of likely N-dealkylation sites (tertiary alicyclic amines) is 1. The smallest absolute Gasteiger partial charge is 0.279 e. The van der Waals surface area contributed by atoms with Crippen molar-refractivity contribution in [3.05, 3.63) is 59.1 Å². The van der Waals surface area contributed by atoms with Crippen molar-refractivity contribution in [1.29, 1.82) is 0 Å². The molecule has 1 aromatic heterocycles. The summed E-state index contributed by atoms with van der Waals surface area (Å²) in [5.74, 6) is -0.0362. The molecule has 138 valence electrons. The maximum absolute atomic E-state index is 12.6. The summed E-state index contributed by atoms with van der Waals surface area (Å²) >= 11 is 1.73. The number of benzene rings is 2. The predicted octanol–water partition coefficient (Wildman–Crippen LogP) is 2.86. The zero-order valence-corrected chi connectivity index (χ0v) is 16.0. The fourth-order valence-electron chi connectivity index (χ4n) is 3.69. The third kappa shape index (κ3) is 3.91. The van der Waals surface area contributed by atoms with Crippen LogP contribution in [0, 0.1) is 0 Å². The van der Waals surface area contributed by atoms with Gasteiger partial charge in [0, 0.05) is 24.1 Å². The highest BCUT2D eigenvalue weighted by Crippen LogP contribution is 2.28. The first-order chi connectivity index (χ1) is 13.1. The molecule has 1 aliphatic heterocycles. The van der Waals surface area contributed by atoms with Gasteiger partial charge in [-0.2, -0.15) is 0 Å². The van der Waals surface area contributed by atoms with Gasteiger partial charge in [-0.05, 0) is 31.2 Å². The lowest BCUT2D eigenvalue weighted by molar-refractivity contribution is -0.910. The Morgan fingerprint density at radius 3 is 2.89 bits per heavy atom. The second-order valence-electron chi connectivity index (χ2n) is 6.98. The maximum atomic E-state index is 12.6. The Labute approximate surface area is 162 Å². The quantitative estimate of drug-likeness (QED) is 0.669. The van der Waals surface area contributed by atoms with Crippen LogP contribution in [-0.2, 0) is 4.79 Å². The number of carbonyl (C=O) groups is 2. The van der Waals surface area contributed by atoms with Crippen molar-refractivity contribution in [1.82, 2.24) is 4.98 Å². The molecular formula is C21H22N3O2S+. The lowest BCUT2D eigenvalue weighted by Gasteiger charge is -2.19. The molecule has 0 radical (unpaired) electrons. The van der Waals surface area contributed by atoms with E-state index in [4.69, 9.17) is 4.98 Å². The zero-order valence-electron chi connectivity index (χ0n) is 15.2. The Bertz CT molecular complexity index is 965. The fourth-order valence-corrected chi connectivity index (χ4v) is 4.85. The van der Waals surface area contributed by atoms with E-state index in [1.54, 1.807) is 29.5 Å². The number of aromatic nitrogens is 1. The summed E-state index contributed by atoms with van der Waals surface area (Å²) < 4.78 is 1.20. The van der Waals surface area contributed by atoms with E-state index in [0.29, 0.717) is 17.8 Å². The Balaban J connectivity index is 1.45. The Kier molecular flexibility index (Phi) is 5.01. The highest BCUT2D eigenvalue weighted by Gasteiger charge is 2.34. The van der Waals surface area contributed by atoms with E-state index in [2.05, 4.69) is 11.4 Å². The average molecular weight is 380 g/mol. The SMILES string of the molecule is CC(=O)c1cccc(NC(=O)C[NH+]2CCC[C@@H]2c2nc3ccccc3s2)c1. The van der Waals surface area contributed by atoms with Crippen LogP contribution in [0.2, 0.25) is 0 Å². The van der Waals surface area contributed by atoms with E-state index in [9.17, 15) is 9.59 Å². The number of anilines is 1. The van der Waals surface area contributed by atoms with Crippen LogP contribution in [0.5, 0.6) is 0 Å².